The van der Waals surface area contributed by atoms with Crippen LogP contribution in [0.5, 0.6) is 5.75 Å². The SMILES string of the molecule is Cc1c(Cl)cccc1N=Cc1cc(Cl)c(OS(=O)(=O)c2ccc(Cl)cc2)c(Cl)c1. The van der Waals surface area contributed by atoms with Crippen LogP contribution >= 0.6 is 46.4 Å². The number of rotatable bonds is 5. The van der Waals surface area contributed by atoms with Gasteiger partial charge in [-0.05, 0) is 66.6 Å². The van der Waals surface area contributed by atoms with E-state index in [0.29, 0.717) is 21.3 Å². The van der Waals surface area contributed by atoms with E-state index in [1.165, 1.54) is 36.4 Å². The number of nitrogens with zero attached hydrogens (tertiary/aromatic N) is 1. The summed E-state index contributed by atoms with van der Waals surface area (Å²) in [6.07, 6.45) is 1.55. The zero-order valence-corrected chi connectivity index (χ0v) is 18.7. The Labute approximate surface area is 188 Å². The lowest BCUT2D eigenvalue weighted by molar-refractivity contribution is 0.486. The lowest BCUT2D eigenvalue weighted by Gasteiger charge is -2.11. The average molecular weight is 489 g/mol. The van der Waals surface area contributed by atoms with E-state index in [9.17, 15) is 8.42 Å². The minimum Gasteiger partial charge on any atom is -0.376 e. The summed E-state index contributed by atoms with van der Waals surface area (Å²) in [5.74, 6) is -0.167. The molecule has 3 aromatic rings. The minimum atomic E-state index is -4.13. The molecule has 0 saturated carbocycles. The molecule has 0 fully saturated rings. The van der Waals surface area contributed by atoms with Crippen molar-refractivity contribution in [2.24, 2.45) is 4.99 Å². The number of aliphatic imine (C=N–C) groups is 1. The zero-order chi connectivity index (χ0) is 21.2. The summed E-state index contributed by atoms with van der Waals surface area (Å²) in [6, 6.07) is 13.9. The molecule has 0 unspecified atom stereocenters. The topological polar surface area (TPSA) is 55.7 Å². The molecule has 0 aliphatic rings. The Morgan fingerprint density at radius 1 is 0.897 bits per heavy atom. The van der Waals surface area contributed by atoms with Crippen molar-refractivity contribution in [2.45, 2.75) is 11.8 Å². The zero-order valence-electron chi connectivity index (χ0n) is 14.9. The van der Waals surface area contributed by atoms with Crippen molar-refractivity contribution in [1.29, 1.82) is 0 Å². The molecule has 0 saturated heterocycles. The normalized spacial score (nSPS) is 11.8. The van der Waals surface area contributed by atoms with Gasteiger partial charge in [0.1, 0.15) is 4.90 Å². The molecule has 4 nitrogen and oxygen atoms in total. The first-order valence-corrected chi connectivity index (χ1v) is 11.1. The number of benzene rings is 3. The maximum Gasteiger partial charge on any atom is 0.339 e. The summed E-state index contributed by atoms with van der Waals surface area (Å²) in [6.45, 7) is 1.85. The van der Waals surface area contributed by atoms with E-state index in [1.54, 1.807) is 18.3 Å². The smallest absolute Gasteiger partial charge is 0.339 e. The van der Waals surface area contributed by atoms with Crippen LogP contribution in [-0.2, 0) is 10.1 Å². The molecule has 0 bridgehead atoms. The van der Waals surface area contributed by atoms with Crippen molar-refractivity contribution in [3.8, 4) is 5.75 Å². The molecule has 150 valence electrons. The Morgan fingerprint density at radius 3 is 2.14 bits per heavy atom. The molecule has 0 atom stereocenters. The number of hydrogen-bond donors (Lipinski definition) is 0. The first kappa shape index (κ1) is 21.9. The Bertz CT molecular complexity index is 1170. The highest BCUT2D eigenvalue weighted by Gasteiger charge is 2.21. The lowest BCUT2D eigenvalue weighted by atomic mass is 10.2. The van der Waals surface area contributed by atoms with Crippen molar-refractivity contribution < 1.29 is 12.6 Å². The van der Waals surface area contributed by atoms with Crippen LogP contribution in [0.25, 0.3) is 0 Å². The first-order chi connectivity index (χ1) is 13.7. The van der Waals surface area contributed by atoms with Crippen LogP contribution in [0.3, 0.4) is 0 Å². The quantitative estimate of drug-likeness (QED) is 0.283. The fourth-order valence-electron chi connectivity index (χ4n) is 2.37. The van der Waals surface area contributed by atoms with Gasteiger partial charge in [-0.15, -0.1) is 0 Å². The van der Waals surface area contributed by atoms with Crippen LogP contribution in [-0.4, -0.2) is 14.6 Å². The first-order valence-electron chi connectivity index (χ1n) is 8.15. The monoisotopic (exact) mass is 487 g/mol. The highest BCUT2D eigenvalue weighted by Crippen LogP contribution is 2.36. The molecule has 0 aromatic heterocycles. The molecule has 9 heteroatoms. The van der Waals surface area contributed by atoms with Gasteiger partial charge in [0.15, 0.2) is 5.75 Å². The van der Waals surface area contributed by atoms with Gasteiger partial charge in [0.05, 0.1) is 15.7 Å². The van der Waals surface area contributed by atoms with Crippen LogP contribution in [0.2, 0.25) is 20.1 Å². The predicted molar refractivity (Wildman–Crippen MR) is 119 cm³/mol. The van der Waals surface area contributed by atoms with Gasteiger partial charge in [0.2, 0.25) is 0 Å². The molecular weight excluding hydrogens is 476 g/mol. The van der Waals surface area contributed by atoms with E-state index < -0.39 is 10.1 Å². The highest BCUT2D eigenvalue weighted by molar-refractivity contribution is 7.87. The standard InChI is InChI=1S/C20H13Cl4NO3S/c1-12-16(22)3-2-4-19(12)25-11-13-9-17(23)20(18(24)10-13)28-29(26,27)15-7-5-14(21)6-8-15/h2-11H,1H3. The van der Waals surface area contributed by atoms with Gasteiger partial charge in [-0.2, -0.15) is 8.42 Å². The third-order valence-electron chi connectivity index (χ3n) is 3.91. The maximum absolute atomic E-state index is 12.5. The van der Waals surface area contributed by atoms with Gasteiger partial charge in [0, 0.05) is 16.3 Å². The van der Waals surface area contributed by atoms with Gasteiger partial charge < -0.3 is 4.18 Å². The lowest BCUT2D eigenvalue weighted by Crippen LogP contribution is -2.10. The Hall–Kier alpha value is -1.76. The third kappa shape index (κ3) is 5.24. The van der Waals surface area contributed by atoms with Crippen molar-refractivity contribution >= 4 is 68.4 Å². The molecule has 3 rings (SSSR count). The minimum absolute atomic E-state index is 0.0271. The van der Waals surface area contributed by atoms with Gasteiger partial charge in [-0.3, -0.25) is 4.99 Å². The molecule has 0 aliphatic heterocycles. The van der Waals surface area contributed by atoms with E-state index in [1.807, 2.05) is 13.0 Å². The molecule has 0 N–H and O–H groups in total. The van der Waals surface area contributed by atoms with Crippen molar-refractivity contribution in [1.82, 2.24) is 0 Å². The molecular formula is C20H13Cl4NO3S. The Balaban J connectivity index is 1.89. The summed E-state index contributed by atoms with van der Waals surface area (Å²) in [5, 5.41) is 1.06. The van der Waals surface area contributed by atoms with Crippen molar-refractivity contribution in [3.63, 3.8) is 0 Å². The predicted octanol–water partition coefficient (Wildman–Crippen LogP) is 7.13. The van der Waals surface area contributed by atoms with Crippen LogP contribution in [0, 0.1) is 6.92 Å². The van der Waals surface area contributed by atoms with Crippen LogP contribution < -0.4 is 4.18 Å². The second-order valence-corrected chi connectivity index (χ2v) is 9.15. The van der Waals surface area contributed by atoms with Crippen LogP contribution in [0.15, 0.2) is 64.5 Å². The summed E-state index contributed by atoms with van der Waals surface area (Å²) in [5.41, 5.74) is 2.09. The van der Waals surface area contributed by atoms with E-state index in [4.69, 9.17) is 50.6 Å². The molecule has 0 spiro atoms. The van der Waals surface area contributed by atoms with Gasteiger partial charge in [-0.25, -0.2) is 0 Å². The highest BCUT2D eigenvalue weighted by atomic mass is 35.5. The molecule has 3 aromatic carbocycles. The maximum atomic E-state index is 12.5. The molecule has 0 heterocycles. The average Bonchev–Trinajstić information content (AvgIpc) is 2.66. The largest absolute Gasteiger partial charge is 0.376 e. The Kier molecular flexibility index (Phi) is 6.76. The summed E-state index contributed by atoms with van der Waals surface area (Å²) in [4.78, 5) is 4.31. The van der Waals surface area contributed by atoms with Gasteiger partial charge in [-0.1, -0.05) is 52.5 Å². The molecule has 0 radical (unpaired) electrons. The Morgan fingerprint density at radius 2 is 1.52 bits per heavy atom. The second-order valence-electron chi connectivity index (χ2n) is 5.95. The number of hydrogen-bond acceptors (Lipinski definition) is 4. The van der Waals surface area contributed by atoms with Crippen LogP contribution in [0.4, 0.5) is 5.69 Å². The third-order valence-corrected chi connectivity index (χ3v) is 6.37. The fraction of sp³-hybridized carbons (Fsp3) is 0.0500. The second kappa shape index (κ2) is 8.94. The summed E-state index contributed by atoms with van der Waals surface area (Å²) < 4.78 is 30.1. The van der Waals surface area contributed by atoms with E-state index >= 15 is 0 Å². The summed E-state index contributed by atoms with van der Waals surface area (Å²) in [7, 11) is -4.13. The number of halogens is 4. The van der Waals surface area contributed by atoms with E-state index in [2.05, 4.69) is 4.99 Å². The van der Waals surface area contributed by atoms with Crippen LogP contribution in [0.1, 0.15) is 11.1 Å². The van der Waals surface area contributed by atoms with Gasteiger partial charge in [0.25, 0.3) is 0 Å². The fourth-order valence-corrected chi connectivity index (χ4v) is 4.31. The molecule has 29 heavy (non-hydrogen) atoms. The van der Waals surface area contributed by atoms with Crippen molar-refractivity contribution in [3.05, 3.63) is 85.8 Å². The van der Waals surface area contributed by atoms with E-state index in [-0.39, 0.29) is 20.7 Å². The van der Waals surface area contributed by atoms with Gasteiger partial charge >= 0.3 is 10.1 Å². The summed E-state index contributed by atoms with van der Waals surface area (Å²) >= 11 is 24.3. The molecule has 0 aliphatic carbocycles. The van der Waals surface area contributed by atoms with Crippen molar-refractivity contribution in [2.75, 3.05) is 0 Å². The molecule has 0 amide bonds. The van der Waals surface area contributed by atoms with E-state index in [0.717, 1.165) is 5.56 Å².